The Morgan fingerprint density at radius 3 is 2.35 bits per heavy atom. The highest BCUT2D eigenvalue weighted by Crippen LogP contribution is 2.18. The van der Waals surface area contributed by atoms with Crippen LogP contribution in [0.4, 0.5) is 0 Å². The summed E-state index contributed by atoms with van der Waals surface area (Å²) in [5.41, 5.74) is 6.92. The van der Waals surface area contributed by atoms with Crippen molar-refractivity contribution in [3.63, 3.8) is 0 Å². The van der Waals surface area contributed by atoms with Gasteiger partial charge in [-0.3, -0.25) is 0 Å². The third kappa shape index (κ3) is 2.71. The molecule has 2 N–H and O–H groups in total. The molecular weight excluding hydrogens is 214 g/mol. The van der Waals surface area contributed by atoms with Crippen LogP contribution >= 0.6 is 0 Å². The molecule has 17 heavy (non-hydrogen) atoms. The molecule has 0 saturated carbocycles. The summed E-state index contributed by atoms with van der Waals surface area (Å²) >= 11 is 0. The van der Waals surface area contributed by atoms with Gasteiger partial charge in [-0.1, -0.05) is 36.4 Å². The molecule has 2 aromatic rings. The van der Waals surface area contributed by atoms with Gasteiger partial charge in [0.25, 0.3) is 0 Å². The molecular formula is C14H13NO2. The van der Waals surface area contributed by atoms with Crippen LogP contribution in [0.3, 0.4) is 0 Å². The highest BCUT2D eigenvalue weighted by molar-refractivity contribution is 5.91. The number of rotatable bonds is 3. The van der Waals surface area contributed by atoms with Crippen molar-refractivity contribution < 1.29 is 9.53 Å². The number of para-hydroxylation sites is 1. The smallest absolute Gasteiger partial charge is 0.343 e. The Hall–Kier alpha value is -2.13. The molecule has 0 fully saturated rings. The SMILES string of the molecule is NCc1ccccc1OC(=O)c1ccccc1. The first-order valence-electron chi connectivity index (χ1n) is 5.36. The molecule has 3 nitrogen and oxygen atoms in total. The van der Waals surface area contributed by atoms with Gasteiger partial charge in [0.15, 0.2) is 0 Å². The fraction of sp³-hybridized carbons (Fsp3) is 0.0714. The summed E-state index contributed by atoms with van der Waals surface area (Å²) in [6.45, 7) is 0.345. The van der Waals surface area contributed by atoms with Gasteiger partial charge in [-0.05, 0) is 18.2 Å². The van der Waals surface area contributed by atoms with E-state index in [9.17, 15) is 4.79 Å². The lowest BCUT2D eigenvalue weighted by Crippen LogP contribution is -2.10. The van der Waals surface area contributed by atoms with Gasteiger partial charge < -0.3 is 10.5 Å². The Balaban J connectivity index is 2.19. The molecule has 0 unspecified atom stereocenters. The minimum Gasteiger partial charge on any atom is -0.423 e. The molecule has 0 atom stereocenters. The molecule has 2 rings (SSSR count). The van der Waals surface area contributed by atoms with E-state index in [-0.39, 0.29) is 5.97 Å². The Morgan fingerprint density at radius 1 is 1.00 bits per heavy atom. The van der Waals surface area contributed by atoms with Gasteiger partial charge in [0.1, 0.15) is 5.75 Å². The number of hydrogen-bond donors (Lipinski definition) is 1. The van der Waals surface area contributed by atoms with Gasteiger partial charge in [0.05, 0.1) is 5.56 Å². The van der Waals surface area contributed by atoms with E-state index in [0.717, 1.165) is 5.56 Å². The van der Waals surface area contributed by atoms with Crippen molar-refractivity contribution in [3.8, 4) is 5.75 Å². The zero-order chi connectivity index (χ0) is 12.1. The molecule has 0 aromatic heterocycles. The Bertz CT molecular complexity index is 509. The Morgan fingerprint density at radius 2 is 1.65 bits per heavy atom. The number of benzene rings is 2. The van der Waals surface area contributed by atoms with Gasteiger partial charge in [0.2, 0.25) is 0 Å². The summed E-state index contributed by atoms with van der Waals surface area (Å²) in [6.07, 6.45) is 0. The molecule has 0 aliphatic rings. The highest BCUT2D eigenvalue weighted by Gasteiger charge is 2.09. The summed E-state index contributed by atoms with van der Waals surface area (Å²) in [7, 11) is 0. The molecule has 0 spiro atoms. The zero-order valence-electron chi connectivity index (χ0n) is 9.30. The van der Waals surface area contributed by atoms with E-state index < -0.39 is 0 Å². The van der Waals surface area contributed by atoms with Crippen LogP contribution in [0.1, 0.15) is 15.9 Å². The molecule has 0 aliphatic carbocycles. The molecule has 0 aliphatic heterocycles. The molecule has 0 heterocycles. The van der Waals surface area contributed by atoms with Crippen LogP contribution in [0.15, 0.2) is 54.6 Å². The largest absolute Gasteiger partial charge is 0.423 e. The summed E-state index contributed by atoms with van der Waals surface area (Å²) in [5.74, 6) is 0.148. The van der Waals surface area contributed by atoms with Crippen molar-refractivity contribution in [2.45, 2.75) is 6.54 Å². The van der Waals surface area contributed by atoms with Gasteiger partial charge in [-0.25, -0.2) is 4.79 Å². The number of carbonyl (C=O) groups is 1. The standard InChI is InChI=1S/C14H13NO2/c15-10-12-8-4-5-9-13(12)17-14(16)11-6-2-1-3-7-11/h1-9H,10,15H2. The van der Waals surface area contributed by atoms with Crippen molar-refractivity contribution in [3.05, 3.63) is 65.7 Å². The summed E-state index contributed by atoms with van der Waals surface area (Å²) in [5, 5.41) is 0. The maximum absolute atomic E-state index is 11.8. The van der Waals surface area contributed by atoms with Crippen molar-refractivity contribution in [1.29, 1.82) is 0 Å². The number of ether oxygens (including phenoxy) is 1. The van der Waals surface area contributed by atoms with E-state index in [4.69, 9.17) is 10.5 Å². The number of hydrogen-bond acceptors (Lipinski definition) is 3. The second kappa shape index (κ2) is 5.27. The van der Waals surface area contributed by atoms with Gasteiger partial charge in [0, 0.05) is 12.1 Å². The lowest BCUT2D eigenvalue weighted by molar-refractivity contribution is 0.0733. The summed E-state index contributed by atoms with van der Waals surface area (Å²) in [6, 6.07) is 16.1. The van der Waals surface area contributed by atoms with E-state index >= 15 is 0 Å². The first-order valence-corrected chi connectivity index (χ1v) is 5.36. The van der Waals surface area contributed by atoms with Gasteiger partial charge in [-0.15, -0.1) is 0 Å². The molecule has 0 bridgehead atoms. The monoisotopic (exact) mass is 227 g/mol. The molecule has 86 valence electrons. The molecule has 0 radical (unpaired) electrons. The molecule has 2 aromatic carbocycles. The lowest BCUT2D eigenvalue weighted by Gasteiger charge is -2.08. The third-order valence-corrected chi connectivity index (χ3v) is 2.40. The zero-order valence-corrected chi connectivity index (χ0v) is 9.30. The minimum absolute atomic E-state index is 0.345. The van der Waals surface area contributed by atoms with Crippen LogP contribution in [0, 0.1) is 0 Å². The lowest BCUT2D eigenvalue weighted by atomic mass is 10.2. The van der Waals surface area contributed by atoms with Gasteiger partial charge >= 0.3 is 5.97 Å². The topological polar surface area (TPSA) is 52.3 Å². The third-order valence-electron chi connectivity index (χ3n) is 2.40. The first-order chi connectivity index (χ1) is 8.31. The first kappa shape index (κ1) is 11.4. The second-order valence-corrected chi connectivity index (χ2v) is 3.57. The fourth-order valence-electron chi connectivity index (χ4n) is 1.51. The predicted molar refractivity (Wildman–Crippen MR) is 65.7 cm³/mol. The highest BCUT2D eigenvalue weighted by atomic mass is 16.5. The maximum Gasteiger partial charge on any atom is 0.343 e. The van der Waals surface area contributed by atoms with Crippen molar-refractivity contribution in [2.24, 2.45) is 5.73 Å². The van der Waals surface area contributed by atoms with Crippen LogP contribution in [0.25, 0.3) is 0 Å². The van der Waals surface area contributed by atoms with Crippen LogP contribution < -0.4 is 10.5 Å². The van der Waals surface area contributed by atoms with E-state index in [2.05, 4.69) is 0 Å². The molecule has 0 amide bonds. The van der Waals surface area contributed by atoms with Crippen molar-refractivity contribution in [1.82, 2.24) is 0 Å². The summed E-state index contributed by atoms with van der Waals surface area (Å²) < 4.78 is 5.30. The minimum atomic E-state index is -0.369. The Kier molecular flexibility index (Phi) is 3.52. The van der Waals surface area contributed by atoms with Crippen molar-refractivity contribution >= 4 is 5.97 Å². The molecule has 3 heteroatoms. The Labute approximate surface area is 99.8 Å². The normalized spacial score (nSPS) is 9.94. The number of carbonyl (C=O) groups excluding carboxylic acids is 1. The second-order valence-electron chi connectivity index (χ2n) is 3.57. The predicted octanol–water partition coefficient (Wildman–Crippen LogP) is 2.36. The van der Waals surface area contributed by atoms with E-state index in [1.807, 2.05) is 24.3 Å². The fourth-order valence-corrected chi connectivity index (χ4v) is 1.51. The average Bonchev–Trinajstić information content (AvgIpc) is 2.40. The van der Waals surface area contributed by atoms with Crippen LogP contribution in [-0.4, -0.2) is 5.97 Å². The van der Waals surface area contributed by atoms with Crippen LogP contribution in [-0.2, 0) is 6.54 Å². The van der Waals surface area contributed by atoms with E-state index in [1.165, 1.54) is 0 Å². The quantitative estimate of drug-likeness (QED) is 0.647. The van der Waals surface area contributed by atoms with E-state index in [0.29, 0.717) is 17.9 Å². The van der Waals surface area contributed by atoms with Crippen molar-refractivity contribution in [2.75, 3.05) is 0 Å². The van der Waals surface area contributed by atoms with Crippen LogP contribution in [0.2, 0.25) is 0 Å². The van der Waals surface area contributed by atoms with Gasteiger partial charge in [-0.2, -0.15) is 0 Å². The molecule has 0 saturated heterocycles. The average molecular weight is 227 g/mol. The number of esters is 1. The maximum atomic E-state index is 11.8. The number of nitrogens with two attached hydrogens (primary N) is 1. The van der Waals surface area contributed by atoms with Crippen LogP contribution in [0.5, 0.6) is 5.75 Å². The summed E-state index contributed by atoms with van der Waals surface area (Å²) in [4.78, 5) is 11.8. The van der Waals surface area contributed by atoms with E-state index in [1.54, 1.807) is 30.3 Å².